The van der Waals surface area contributed by atoms with E-state index < -0.39 is 17.1 Å². The summed E-state index contributed by atoms with van der Waals surface area (Å²) in [5.41, 5.74) is 0.0990. The molecule has 33 heavy (non-hydrogen) atoms. The number of hydrogen-bond acceptors (Lipinski definition) is 4. The number of nitrogens with zero attached hydrogens (tertiary/aromatic N) is 3. The number of carbonyl (C=O) groups is 1. The van der Waals surface area contributed by atoms with Crippen LogP contribution in [0.25, 0.3) is 10.9 Å². The molecule has 174 valence electrons. The molecule has 7 nitrogen and oxygen atoms in total. The number of likely N-dealkylation sites (N-methyl/N-ethyl adjacent to an activating group) is 1. The third kappa shape index (κ3) is 4.61. The van der Waals surface area contributed by atoms with Crippen LogP contribution in [-0.2, 0) is 6.54 Å². The summed E-state index contributed by atoms with van der Waals surface area (Å²) < 4.78 is 16.2. The van der Waals surface area contributed by atoms with Gasteiger partial charge in [-0.2, -0.15) is 0 Å². The summed E-state index contributed by atoms with van der Waals surface area (Å²) in [7, 11) is 0. The van der Waals surface area contributed by atoms with Gasteiger partial charge in [0.1, 0.15) is 5.82 Å². The summed E-state index contributed by atoms with van der Waals surface area (Å²) in [5.74, 6) is -0.914. The Labute approximate surface area is 191 Å². The average molecular weight is 453 g/mol. The average Bonchev–Trinajstić information content (AvgIpc) is 3.26. The van der Waals surface area contributed by atoms with Crippen LogP contribution in [0.1, 0.15) is 42.6 Å². The third-order valence-electron chi connectivity index (χ3n) is 6.34. The Morgan fingerprint density at radius 3 is 2.73 bits per heavy atom. The van der Waals surface area contributed by atoms with Crippen molar-refractivity contribution in [2.24, 2.45) is 0 Å². The van der Waals surface area contributed by atoms with Crippen molar-refractivity contribution in [3.8, 4) is 0 Å². The van der Waals surface area contributed by atoms with Gasteiger partial charge in [-0.1, -0.05) is 25.1 Å². The van der Waals surface area contributed by atoms with Gasteiger partial charge in [0.15, 0.2) is 0 Å². The van der Waals surface area contributed by atoms with Crippen LogP contribution in [0.4, 0.5) is 4.39 Å². The predicted molar refractivity (Wildman–Crippen MR) is 126 cm³/mol. The first kappa shape index (κ1) is 22.9. The minimum atomic E-state index is -0.579. The number of rotatable bonds is 7. The quantitative estimate of drug-likeness (QED) is 0.598. The molecule has 1 fully saturated rings. The number of likely N-dealkylation sites (tertiary alicyclic amines) is 1. The first-order valence-corrected chi connectivity index (χ1v) is 11.5. The standard InChI is InChI=1S/C25H29FN4O3/c1-3-12-28-13-11-18(16-28)29(4-2)24(32)20-14-17(9-10-21(20)26)15-30-22-8-6-5-7-19(22)23(31)27-25(30)33/h5-10,14,18H,3-4,11-13,15-16H2,1-2H3,(H,27,31,33). The maximum Gasteiger partial charge on any atom is 0.329 e. The van der Waals surface area contributed by atoms with Crippen molar-refractivity contribution in [2.45, 2.75) is 39.3 Å². The molecule has 2 aromatic carbocycles. The summed E-state index contributed by atoms with van der Waals surface area (Å²) in [6.45, 7) is 7.38. The number of benzene rings is 2. The molecule has 3 aromatic rings. The molecule has 8 heteroatoms. The summed E-state index contributed by atoms with van der Waals surface area (Å²) in [5, 5.41) is 0.394. The van der Waals surface area contributed by atoms with Crippen LogP contribution < -0.4 is 11.2 Å². The first-order chi connectivity index (χ1) is 15.9. The number of aromatic amines is 1. The highest BCUT2D eigenvalue weighted by Crippen LogP contribution is 2.21. The zero-order valence-corrected chi connectivity index (χ0v) is 19.0. The maximum absolute atomic E-state index is 14.8. The lowest BCUT2D eigenvalue weighted by atomic mass is 10.1. The molecule has 1 N–H and O–H groups in total. The van der Waals surface area contributed by atoms with E-state index in [1.165, 1.54) is 16.7 Å². The van der Waals surface area contributed by atoms with Crippen LogP contribution in [0.5, 0.6) is 0 Å². The van der Waals surface area contributed by atoms with Gasteiger partial charge in [-0.15, -0.1) is 0 Å². The Kier molecular flexibility index (Phi) is 6.74. The molecule has 1 aliphatic rings. The fourth-order valence-corrected chi connectivity index (χ4v) is 4.72. The van der Waals surface area contributed by atoms with Gasteiger partial charge in [0, 0.05) is 25.7 Å². The van der Waals surface area contributed by atoms with Crippen LogP contribution in [0.2, 0.25) is 0 Å². The second-order valence-corrected chi connectivity index (χ2v) is 8.51. The lowest BCUT2D eigenvalue weighted by Crippen LogP contribution is -2.42. The van der Waals surface area contributed by atoms with Gasteiger partial charge in [-0.05, 0) is 56.1 Å². The van der Waals surface area contributed by atoms with Gasteiger partial charge in [0.2, 0.25) is 0 Å². The predicted octanol–water partition coefficient (Wildman–Crippen LogP) is 2.82. The van der Waals surface area contributed by atoms with E-state index in [-0.39, 0.29) is 24.1 Å². The Bertz CT molecular complexity index is 1280. The first-order valence-electron chi connectivity index (χ1n) is 11.5. The maximum atomic E-state index is 14.8. The molecule has 4 rings (SSSR count). The van der Waals surface area contributed by atoms with E-state index in [4.69, 9.17) is 0 Å². The molecular formula is C25H29FN4O3. The summed E-state index contributed by atoms with van der Waals surface area (Å²) in [6.07, 6.45) is 1.93. The number of aromatic nitrogens is 2. The highest BCUT2D eigenvalue weighted by atomic mass is 19.1. The van der Waals surface area contributed by atoms with E-state index in [1.54, 1.807) is 35.2 Å². The molecule has 0 aliphatic carbocycles. The summed E-state index contributed by atoms with van der Waals surface area (Å²) in [4.78, 5) is 44.4. The van der Waals surface area contributed by atoms with Crippen molar-refractivity contribution in [3.05, 3.63) is 80.2 Å². The van der Waals surface area contributed by atoms with E-state index >= 15 is 0 Å². The second kappa shape index (κ2) is 9.70. The van der Waals surface area contributed by atoms with Gasteiger partial charge < -0.3 is 9.80 Å². The van der Waals surface area contributed by atoms with Gasteiger partial charge in [-0.25, -0.2) is 9.18 Å². The van der Waals surface area contributed by atoms with Crippen LogP contribution in [0.3, 0.4) is 0 Å². The minimum absolute atomic E-state index is 0.00470. The number of nitrogens with one attached hydrogen (secondary N) is 1. The zero-order valence-electron chi connectivity index (χ0n) is 19.0. The summed E-state index contributed by atoms with van der Waals surface area (Å²) >= 11 is 0. The van der Waals surface area contributed by atoms with Crippen molar-refractivity contribution in [2.75, 3.05) is 26.2 Å². The Morgan fingerprint density at radius 2 is 1.97 bits per heavy atom. The molecule has 0 saturated carbocycles. The van der Waals surface area contributed by atoms with Crippen molar-refractivity contribution in [1.29, 1.82) is 0 Å². The van der Waals surface area contributed by atoms with Crippen molar-refractivity contribution >= 4 is 16.8 Å². The Hall–Kier alpha value is -3.26. The topological polar surface area (TPSA) is 78.4 Å². The molecule has 1 aromatic heterocycles. The highest BCUT2D eigenvalue weighted by molar-refractivity contribution is 5.95. The van der Waals surface area contributed by atoms with Crippen LogP contribution in [-0.4, -0.2) is 57.5 Å². The Morgan fingerprint density at radius 1 is 1.18 bits per heavy atom. The molecule has 1 aliphatic heterocycles. The van der Waals surface area contributed by atoms with E-state index in [0.717, 1.165) is 32.5 Å². The van der Waals surface area contributed by atoms with E-state index in [0.29, 0.717) is 23.0 Å². The van der Waals surface area contributed by atoms with Gasteiger partial charge in [0.05, 0.1) is 23.0 Å². The molecule has 1 atom stereocenters. The van der Waals surface area contributed by atoms with Gasteiger partial charge >= 0.3 is 5.69 Å². The number of carbonyl (C=O) groups excluding carboxylic acids is 1. The van der Waals surface area contributed by atoms with Crippen molar-refractivity contribution < 1.29 is 9.18 Å². The summed E-state index contributed by atoms with van der Waals surface area (Å²) in [6, 6.07) is 11.2. The Balaban J connectivity index is 1.64. The second-order valence-electron chi connectivity index (χ2n) is 8.51. The van der Waals surface area contributed by atoms with E-state index in [9.17, 15) is 18.8 Å². The number of H-pyrrole nitrogens is 1. The smallest absolute Gasteiger partial charge is 0.329 e. The van der Waals surface area contributed by atoms with Crippen LogP contribution >= 0.6 is 0 Å². The van der Waals surface area contributed by atoms with Gasteiger partial charge in [-0.3, -0.25) is 19.1 Å². The molecule has 2 heterocycles. The van der Waals surface area contributed by atoms with E-state index in [1.807, 2.05) is 6.92 Å². The zero-order chi connectivity index (χ0) is 23.5. The van der Waals surface area contributed by atoms with Crippen LogP contribution in [0.15, 0.2) is 52.1 Å². The number of para-hydroxylation sites is 1. The molecule has 1 unspecified atom stereocenters. The number of amides is 1. The molecule has 1 saturated heterocycles. The van der Waals surface area contributed by atoms with Crippen LogP contribution in [0, 0.1) is 5.82 Å². The number of hydrogen-bond donors (Lipinski definition) is 1. The molecule has 0 radical (unpaired) electrons. The normalized spacial score (nSPS) is 16.4. The fourth-order valence-electron chi connectivity index (χ4n) is 4.72. The fraction of sp³-hybridized carbons (Fsp3) is 0.400. The van der Waals surface area contributed by atoms with E-state index in [2.05, 4.69) is 16.8 Å². The van der Waals surface area contributed by atoms with Gasteiger partial charge in [0.25, 0.3) is 11.5 Å². The molecule has 1 amide bonds. The molecule has 0 spiro atoms. The monoisotopic (exact) mass is 452 g/mol. The lowest BCUT2D eigenvalue weighted by Gasteiger charge is -2.28. The van der Waals surface area contributed by atoms with Crippen molar-refractivity contribution in [1.82, 2.24) is 19.4 Å². The number of fused-ring (bicyclic) bond motifs is 1. The number of halogens is 1. The third-order valence-corrected chi connectivity index (χ3v) is 6.34. The molecular weight excluding hydrogens is 423 g/mol. The molecule has 0 bridgehead atoms. The lowest BCUT2D eigenvalue weighted by molar-refractivity contribution is 0.0689. The van der Waals surface area contributed by atoms with Crippen molar-refractivity contribution in [3.63, 3.8) is 0 Å². The SMILES string of the molecule is CCCN1CCC(N(CC)C(=O)c2cc(Cn3c(=O)[nH]c(=O)c4ccccc43)ccc2F)C1. The minimum Gasteiger partial charge on any atom is -0.335 e. The highest BCUT2D eigenvalue weighted by Gasteiger charge is 2.31. The largest absolute Gasteiger partial charge is 0.335 e.